The van der Waals surface area contributed by atoms with Crippen LogP contribution in [0.5, 0.6) is 0 Å². The van der Waals surface area contributed by atoms with Crippen molar-refractivity contribution in [2.75, 3.05) is 19.9 Å². The molecule has 0 fully saturated rings. The van der Waals surface area contributed by atoms with Crippen LogP contribution in [0.15, 0.2) is 29.7 Å². The number of thioether (sulfide) groups is 1. The molecule has 0 bridgehead atoms. The second-order valence-corrected chi connectivity index (χ2v) is 6.39. The van der Waals surface area contributed by atoms with Crippen molar-refractivity contribution >= 4 is 34.2 Å². The summed E-state index contributed by atoms with van der Waals surface area (Å²) in [5.41, 5.74) is 1.08. The molecule has 1 heterocycles. The van der Waals surface area contributed by atoms with E-state index in [2.05, 4.69) is 15.0 Å². The molecule has 1 rings (SSSR count). The Balaban J connectivity index is 2.27. The first-order valence-corrected chi connectivity index (χ1v) is 8.77. The van der Waals surface area contributed by atoms with Crippen LogP contribution in [-0.4, -0.2) is 44.5 Å². The van der Waals surface area contributed by atoms with Gasteiger partial charge in [-0.1, -0.05) is 11.2 Å². The van der Waals surface area contributed by atoms with Crippen LogP contribution in [0.3, 0.4) is 0 Å². The zero-order chi connectivity index (χ0) is 16.4. The first-order chi connectivity index (χ1) is 10.5. The van der Waals surface area contributed by atoms with Crippen molar-refractivity contribution in [2.24, 2.45) is 5.16 Å². The summed E-state index contributed by atoms with van der Waals surface area (Å²) >= 11 is -0.559. The fourth-order valence-corrected chi connectivity index (χ4v) is 1.98. The van der Waals surface area contributed by atoms with Gasteiger partial charge >= 0.3 is 6.09 Å². The van der Waals surface area contributed by atoms with E-state index < -0.39 is 17.4 Å². The van der Waals surface area contributed by atoms with Crippen LogP contribution in [0.2, 0.25) is 0 Å². The van der Waals surface area contributed by atoms with Gasteiger partial charge in [0, 0.05) is 19.4 Å². The van der Waals surface area contributed by atoms with Crippen molar-refractivity contribution in [3.05, 3.63) is 30.1 Å². The quantitative estimate of drug-likeness (QED) is 0.248. The Hall–Kier alpha value is -1.45. The topological polar surface area (TPSA) is 81.1 Å². The highest BCUT2D eigenvalue weighted by Crippen LogP contribution is 2.04. The highest BCUT2D eigenvalue weighted by atomic mass is 32.2. The number of aryl methyl sites for hydroxylation is 1. The first kappa shape index (κ1) is 18.6. The Morgan fingerprint density at radius 3 is 2.95 bits per heavy atom. The van der Waals surface area contributed by atoms with Crippen molar-refractivity contribution < 1.29 is 18.0 Å². The average molecular weight is 345 g/mol. The lowest BCUT2D eigenvalue weighted by atomic mass is 10.2. The minimum atomic E-state index is -1.90. The van der Waals surface area contributed by atoms with E-state index in [1.165, 1.54) is 18.8 Å². The van der Waals surface area contributed by atoms with Crippen LogP contribution in [-0.2, 0) is 26.7 Å². The summed E-state index contributed by atoms with van der Waals surface area (Å²) in [7, 11) is 1.32. The minimum absolute atomic E-state index is 0.256. The molecule has 0 aliphatic heterocycles. The number of pyridine rings is 1. The van der Waals surface area contributed by atoms with Crippen LogP contribution in [0.1, 0.15) is 18.9 Å². The number of carbonyl (C=O) groups excluding carboxylic acids is 1. The molecule has 0 saturated heterocycles. The van der Waals surface area contributed by atoms with Crippen molar-refractivity contribution in [1.82, 2.24) is 9.29 Å². The molecule has 0 aliphatic carbocycles. The van der Waals surface area contributed by atoms with Crippen LogP contribution < -0.4 is 0 Å². The number of oxime groups is 1. The number of carbonyl (C=O) groups is 1. The molecule has 1 amide bonds. The third kappa shape index (κ3) is 7.01. The highest BCUT2D eigenvalue weighted by Gasteiger charge is 2.18. The summed E-state index contributed by atoms with van der Waals surface area (Å²) in [6.45, 7) is 1.95. The molecule has 0 radical (unpaired) electrons. The van der Waals surface area contributed by atoms with Crippen LogP contribution in [0.25, 0.3) is 0 Å². The van der Waals surface area contributed by atoms with E-state index in [0.717, 1.165) is 16.3 Å². The summed E-state index contributed by atoms with van der Waals surface area (Å²) in [5, 5.41) is 4.16. The van der Waals surface area contributed by atoms with E-state index in [0.29, 0.717) is 11.5 Å². The van der Waals surface area contributed by atoms with Crippen LogP contribution in [0, 0.1) is 0 Å². The molecule has 1 aromatic heterocycles. The third-order valence-electron chi connectivity index (χ3n) is 2.55. The van der Waals surface area contributed by atoms with E-state index in [1.54, 1.807) is 25.6 Å². The lowest BCUT2D eigenvalue weighted by molar-refractivity contribution is 0.133. The Bertz CT molecular complexity index is 525. The summed E-state index contributed by atoms with van der Waals surface area (Å²) < 4.78 is 17.7. The lowest BCUT2D eigenvalue weighted by Gasteiger charge is -2.13. The molecule has 9 heteroatoms. The van der Waals surface area contributed by atoms with Gasteiger partial charge in [-0.3, -0.25) is 14.0 Å². The van der Waals surface area contributed by atoms with Gasteiger partial charge in [-0.05, 0) is 37.7 Å². The molecule has 0 aromatic carbocycles. The Morgan fingerprint density at radius 1 is 1.55 bits per heavy atom. The van der Waals surface area contributed by atoms with Crippen molar-refractivity contribution in [2.45, 2.75) is 19.8 Å². The van der Waals surface area contributed by atoms with Gasteiger partial charge in [0.15, 0.2) is 0 Å². The molecular weight excluding hydrogens is 326 g/mol. The van der Waals surface area contributed by atoms with E-state index >= 15 is 0 Å². The summed E-state index contributed by atoms with van der Waals surface area (Å²) in [5.74, 6) is 0. The molecule has 0 N–H and O–H groups in total. The molecule has 0 aliphatic rings. The molecule has 1 aromatic rings. The fraction of sp³-hybridized carbons (Fsp3) is 0.462. The van der Waals surface area contributed by atoms with Gasteiger partial charge in [-0.2, -0.15) is 0 Å². The zero-order valence-electron chi connectivity index (χ0n) is 12.7. The molecular formula is C13H19N3O4S2. The van der Waals surface area contributed by atoms with Gasteiger partial charge in [0.25, 0.3) is 11.3 Å². The molecule has 0 spiro atoms. The van der Waals surface area contributed by atoms with Gasteiger partial charge in [-0.15, -0.1) is 11.8 Å². The number of rotatable bonds is 7. The van der Waals surface area contributed by atoms with Gasteiger partial charge in [0.05, 0.1) is 6.61 Å². The SMILES string of the molecule is CS/C(C)=N/OC(=O)N(C)S(=O)OCCCc1cccnc1. The van der Waals surface area contributed by atoms with Gasteiger partial charge in [-0.25, -0.2) is 13.3 Å². The molecule has 22 heavy (non-hydrogen) atoms. The van der Waals surface area contributed by atoms with Crippen LogP contribution in [0.4, 0.5) is 4.79 Å². The largest absolute Gasteiger partial charge is 0.449 e. The molecule has 1 atom stereocenters. The summed E-state index contributed by atoms with van der Waals surface area (Å²) in [6, 6.07) is 3.81. The maximum atomic E-state index is 11.8. The smallest absolute Gasteiger partial charge is 0.296 e. The molecule has 122 valence electrons. The predicted molar refractivity (Wildman–Crippen MR) is 87.5 cm³/mol. The fourth-order valence-electron chi connectivity index (χ4n) is 1.29. The molecule has 1 unspecified atom stereocenters. The number of hydrogen-bond donors (Lipinski definition) is 0. The lowest BCUT2D eigenvalue weighted by Crippen LogP contribution is -2.30. The predicted octanol–water partition coefficient (Wildman–Crippen LogP) is 2.37. The number of nitrogens with zero attached hydrogens (tertiary/aromatic N) is 3. The highest BCUT2D eigenvalue weighted by molar-refractivity contribution is 8.13. The Morgan fingerprint density at radius 2 is 2.32 bits per heavy atom. The van der Waals surface area contributed by atoms with Crippen LogP contribution >= 0.6 is 11.8 Å². The van der Waals surface area contributed by atoms with E-state index in [9.17, 15) is 9.00 Å². The van der Waals surface area contributed by atoms with Crippen molar-refractivity contribution in [1.29, 1.82) is 0 Å². The van der Waals surface area contributed by atoms with Crippen molar-refractivity contribution in [3.63, 3.8) is 0 Å². The number of hydrogen-bond acceptors (Lipinski definition) is 7. The molecule has 7 nitrogen and oxygen atoms in total. The third-order valence-corrected chi connectivity index (χ3v) is 4.18. The second kappa shape index (κ2) is 10.3. The zero-order valence-corrected chi connectivity index (χ0v) is 14.4. The van der Waals surface area contributed by atoms with Gasteiger partial charge in [0.1, 0.15) is 5.04 Å². The number of amides is 1. The average Bonchev–Trinajstić information content (AvgIpc) is 2.56. The van der Waals surface area contributed by atoms with E-state index in [-0.39, 0.29) is 6.61 Å². The monoisotopic (exact) mass is 345 g/mol. The van der Waals surface area contributed by atoms with Gasteiger partial charge in [0.2, 0.25) is 0 Å². The Kier molecular flexibility index (Phi) is 8.71. The summed E-state index contributed by atoms with van der Waals surface area (Å²) in [6.07, 6.45) is 5.88. The first-order valence-electron chi connectivity index (χ1n) is 6.52. The van der Waals surface area contributed by atoms with Crippen molar-refractivity contribution in [3.8, 4) is 0 Å². The molecule has 0 saturated carbocycles. The summed E-state index contributed by atoms with van der Waals surface area (Å²) in [4.78, 5) is 20.2. The maximum absolute atomic E-state index is 11.8. The number of aromatic nitrogens is 1. The normalized spacial score (nSPS) is 12.8. The Labute approximate surface area is 136 Å². The minimum Gasteiger partial charge on any atom is -0.296 e. The standard InChI is InChI=1S/C13H19N3O4S2/c1-11(21-3)15-20-13(17)16(2)22(18)19-9-5-7-12-6-4-8-14-10-12/h4,6,8,10H,5,7,9H2,1-3H3/b15-11+. The van der Waals surface area contributed by atoms with Gasteiger partial charge < -0.3 is 0 Å². The second-order valence-electron chi connectivity index (χ2n) is 4.17. The van der Waals surface area contributed by atoms with E-state index in [4.69, 9.17) is 4.18 Å². The van der Waals surface area contributed by atoms with E-state index in [1.807, 2.05) is 12.1 Å². The maximum Gasteiger partial charge on any atom is 0.449 e.